The molecule has 5 nitrogen and oxygen atoms in total. The van der Waals surface area contributed by atoms with E-state index in [4.69, 9.17) is 0 Å². The predicted octanol–water partition coefficient (Wildman–Crippen LogP) is 2.39. The Morgan fingerprint density at radius 2 is 1.75 bits per heavy atom. The maximum absolute atomic E-state index is 12.0. The van der Waals surface area contributed by atoms with Gasteiger partial charge in [-0.3, -0.25) is 14.7 Å². The third-order valence-electron chi connectivity index (χ3n) is 4.42. The molecule has 24 heavy (non-hydrogen) atoms. The zero-order valence-electron chi connectivity index (χ0n) is 14.7. The first-order valence-corrected chi connectivity index (χ1v) is 8.55. The topological polar surface area (TPSA) is 52.2 Å². The molecule has 128 valence electrons. The third-order valence-corrected chi connectivity index (χ3v) is 4.42. The van der Waals surface area contributed by atoms with E-state index in [9.17, 15) is 4.79 Å². The molecule has 0 spiro atoms. The largest absolute Gasteiger partial charge is 0.340 e. The molecule has 0 atom stereocenters. The lowest BCUT2D eigenvalue weighted by molar-refractivity contribution is 0.248. The Morgan fingerprint density at radius 3 is 2.38 bits per heavy atom. The van der Waals surface area contributed by atoms with Gasteiger partial charge in [0, 0.05) is 44.2 Å². The molecule has 0 saturated carbocycles. The maximum Gasteiger partial charge on any atom is 0.252 e. The highest BCUT2D eigenvalue weighted by Gasteiger charge is 2.22. The standard InChI is InChI=1S/C19H26N4O/c1-19(2,3)16-13-17(24)21-18(20-16)23-11-9-22(10-12-23)14-15-7-5-4-6-8-15/h4-8,13H,9-12,14H2,1-3H3,(H,20,21,24). The number of nitrogens with zero attached hydrogens (tertiary/aromatic N) is 3. The summed E-state index contributed by atoms with van der Waals surface area (Å²) in [6.45, 7) is 10.9. The highest BCUT2D eigenvalue weighted by molar-refractivity contribution is 5.32. The Morgan fingerprint density at radius 1 is 1.08 bits per heavy atom. The molecule has 1 aromatic heterocycles. The van der Waals surface area contributed by atoms with Gasteiger partial charge in [0.05, 0.1) is 5.69 Å². The molecule has 2 aromatic rings. The van der Waals surface area contributed by atoms with Crippen molar-refractivity contribution >= 4 is 5.95 Å². The van der Waals surface area contributed by atoms with Crippen LogP contribution in [-0.4, -0.2) is 41.0 Å². The lowest BCUT2D eigenvalue weighted by Crippen LogP contribution is -2.47. The van der Waals surface area contributed by atoms with Crippen LogP contribution in [0.25, 0.3) is 0 Å². The molecular weight excluding hydrogens is 300 g/mol. The molecule has 0 amide bonds. The van der Waals surface area contributed by atoms with Crippen LogP contribution < -0.4 is 10.5 Å². The van der Waals surface area contributed by atoms with Gasteiger partial charge in [-0.05, 0) is 5.56 Å². The number of nitrogens with one attached hydrogen (secondary N) is 1. The van der Waals surface area contributed by atoms with Crippen LogP contribution in [0.2, 0.25) is 0 Å². The van der Waals surface area contributed by atoms with Gasteiger partial charge in [-0.15, -0.1) is 0 Å². The highest BCUT2D eigenvalue weighted by atomic mass is 16.1. The van der Waals surface area contributed by atoms with E-state index < -0.39 is 0 Å². The molecular formula is C19H26N4O. The number of benzene rings is 1. The van der Waals surface area contributed by atoms with Crippen molar-refractivity contribution in [2.45, 2.75) is 32.7 Å². The number of hydrogen-bond acceptors (Lipinski definition) is 4. The molecule has 1 aromatic carbocycles. The summed E-state index contributed by atoms with van der Waals surface area (Å²) in [7, 11) is 0. The minimum Gasteiger partial charge on any atom is -0.340 e. The van der Waals surface area contributed by atoms with E-state index >= 15 is 0 Å². The van der Waals surface area contributed by atoms with Crippen LogP contribution in [0.5, 0.6) is 0 Å². The summed E-state index contributed by atoms with van der Waals surface area (Å²) >= 11 is 0. The van der Waals surface area contributed by atoms with Crippen LogP contribution in [-0.2, 0) is 12.0 Å². The average Bonchev–Trinajstić information content (AvgIpc) is 2.55. The third kappa shape index (κ3) is 4.03. The lowest BCUT2D eigenvalue weighted by Gasteiger charge is -2.35. The van der Waals surface area contributed by atoms with Gasteiger partial charge in [0.2, 0.25) is 5.95 Å². The summed E-state index contributed by atoms with van der Waals surface area (Å²) in [6.07, 6.45) is 0. The summed E-state index contributed by atoms with van der Waals surface area (Å²) < 4.78 is 0. The van der Waals surface area contributed by atoms with Crippen molar-refractivity contribution in [2.24, 2.45) is 0 Å². The van der Waals surface area contributed by atoms with Crippen molar-refractivity contribution in [1.29, 1.82) is 0 Å². The fraction of sp³-hybridized carbons (Fsp3) is 0.474. The minimum atomic E-state index is -0.127. The van der Waals surface area contributed by atoms with E-state index in [1.54, 1.807) is 6.07 Å². The molecule has 1 N–H and O–H groups in total. The van der Waals surface area contributed by atoms with E-state index in [1.165, 1.54) is 5.56 Å². The van der Waals surface area contributed by atoms with E-state index in [2.05, 4.69) is 64.8 Å². The molecule has 1 aliphatic heterocycles. The fourth-order valence-corrected chi connectivity index (χ4v) is 2.94. The summed E-state index contributed by atoms with van der Waals surface area (Å²) in [6, 6.07) is 12.1. The monoisotopic (exact) mass is 326 g/mol. The van der Waals surface area contributed by atoms with E-state index in [0.717, 1.165) is 38.4 Å². The van der Waals surface area contributed by atoms with Crippen LogP contribution in [0.1, 0.15) is 32.0 Å². The minimum absolute atomic E-state index is 0.0726. The number of aromatic nitrogens is 2. The van der Waals surface area contributed by atoms with Crippen LogP contribution in [0.3, 0.4) is 0 Å². The number of piperazine rings is 1. The first kappa shape index (κ1) is 16.7. The molecule has 0 unspecified atom stereocenters. The lowest BCUT2D eigenvalue weighted by atomic mass is 9.92. The number of anilines is 1. The summed E-state index contributed by atoms with van der Waals surface area (Å²) in [5.41, 5.74) is 1.98. The molecule has 2 heterocycles. The van der Waals surface area contributed by atoms with Crippen molar-refractivity contribution in [1.82, 2.24) is 14.9 Å². The van der Waals surface area contributed by atoms with Crippen molar-refractivity contribution < 1.29 is 0 Å². The van der Waals surface area contributed by atoms with Gasteiger partial charge in [0.25, 0.3) is 5.56 Å². The number of hydrogen-bond donors (Lipinski definition) is 1. The molecule has 0 bridgehead atoms. The number of aromatic amines is 1. The zero-order valence-corrected chi connectivity index (χ0v) is 14.7. The normalized spacial score (nSPS) is 16.4. The molecule has 0 radical (unpaired) electrons. The predicted molar refractivity (Wildman–Crippen MR) is 97.5 cm³/mol. The van der Waals surface area contributed by atoms with Gasteiger partial charge in [-0.25, -0.2) is 4.98 Å². The number of H-pyrrole nitrogens is 1. The van der Waals surface area contributed by atoms with E-state index in [1.807, 2.05) is 6.07 Å². The number of rotatable bonds is 3. The summed E-state index contributed by atoms with van der Waals surface area (Å²) in [5, 5.41) is 0. The van der Waals surface area contributed by atoms with Crippen LogP contribution in [0.15, 0.2) is 41.2 Å². The van der Waals surface area contributed by atoms with Gasteiger partial charge in [0.15, 0.2) is 0 Å². The van der Waals surface area contributed by atoms with Crippen molar-refractivity contribution in [3.8, 4) is 0 Å². The van der Waals surface area contributed by atoms with Crippen molar-refractivity contribution in [3.63, 3.8) is 0 Å². The Bertz CT molecular complexity index is 725. The molecule has 1 fully saturated rings. The Balaban J connectivity index is 1.67. The maximum atomic E-state index is 12.0. The van der Waals surface area contributed by atoms with Crippen LogP contribution >= 0.6 is 0 Å². The smallest absolute Gasteiger partial charge is 0.252 e. The first-order chi connectivity index (χ1) is 11.4. The van der Waals surface area contributed by atoms with E-state index in [-0.39, 0.29) is 11.0 Å². The SMILES string of the molecule is CC(C)(C)c1cc(=O)[nH]c(N2CCN(Cc3ccccc3)CC2)n1. The van der Waals surface area contributed by atoms with Gasteiger partial charge < -0.3 is 4.90 Å². The molecule has 1 aliphatic rings. The fourth-order valence-electron chi connectivity index (χ4n) is 2.94. The summed E-state index contributed by atoms with van der Waals surface area (Å²) in [4.78, 5) is 24.2. The second kappa shape index (κ2) is 6.77. The second-order valence-corrected chi connectivity index (χ2v) is 7.45. The van der Waals surface area contributed by atoms with Crippen LogP contribution in [0, 0.1) is 0 Å². The average molecular weight is 326 g/mol. The van der Waals surface area contributed by atoms with Gasteiger partial charge in [0.1, 0.15) is 0 Å². The van der Waals surface area contributed by atoms with E-state index in [0.29, 0.717) is 5.95 Å². The molecule has 0 aliphatic carbocycles. The Hall–Kier alpha value is -2.14. The van der Waals surface area contributed by atoms with Gasteiger partial charge >= 0.3 is 0 Å². The Kier molecular flexibility index (Phi) is 4.71. The quantitative estimate of drug-likeness (QED) is 0.941. The van der Waals surface area contributed by atoms with Gasteiger partial charge in [-0.1, -0.05) is 51.1 Å². The summed E-state index contributed by atoms with van der Waals surface area (Å²) in [5.74, 6) is 0.701. The second-order valence-electron chi connectivity index (χ2n) is 7.45. The molecule has 1 saturated heterocycles. The van der Waals surface area contributed by atoms with Crippen molar-refractivity contribution in [2.75, 3.05) is 31.1 Å². The molecule has 3 rings (SSSR count). The van der Waals surface area contributed by atoms with Crippen molar-refractivity contribution in [3.05, 3.63) is 58.0 Å². The zero-order chi connectivity index (χ0) is 17.2. The molecule has 5 heteroatoms. The highest BCUT2D eigenvalue weighted by Crippen LogP contribution is 2.20. The first-order valence-electron chi connectivity index (χ1n) is 8.55. The van der Waals surface area contributed by atoms with Crippen LogP contribution in [0.4, 0.5) is 5.95 Å². The van der Waals surface area contributed by atoms with Gasteiger partial charge in [-0.2, -0.15) is 0 Å². The Labute approximate surface area is 143 Å².